The van der Waals surface area contributed by atoms with Crippen LogP contribution in [0.2, 0.25) is 0 Å². The van der Waals surface area contributed by atoms with Crippen molar-refractivity contribution in [2.75, 3.05) is 38.3 Å². The van der Waals surface area contributed by atoms with Crippen molar-refractivity contribution in [1.29, 1.82) is 0 Å². The van der Waals surface area contributed by atoms with Crippen LogP contribution in [0.3, 0.4) is 0 Å². The van der Waals surface area contributed by atoms with Crippen LogP contribution in [-0.4, -0.2) is 49.4 Å². The largest absolute Gasteiger partial charge is 0.496 e. The number of methoxy groups -OCH3 is 1. The first kappa shape index (κ1) is 23.2. The van der Waals surface area contributed by atoms with Crippen LogP contribution in [-0.2, 0) is 16.1 Å². The minimum Gasteiger partial charge on any atom is -0.496 e. The van der Waals surface area contributed by atoms with Gasteiger partial charge in [0.1, 0.15) is 5.75 Å². The zero-order chi connectivity index (χ0) is 24.0. The molecule has 5 rings (SSSR count). The van der Waals surface area contributed by atoms with Gasteiger partial charge in [-0.1, -0.05) is 48.5 Å². The normalized spacial score (nSPS) is 18.5. The summed E-state index contributed by atoms with van der Waals surface area (Å²) in [5.41, 5.74) is 3.82. The Kier molecular flexibility index (Phi) is 7.16. The van der Waals surface area contributed by atoms with Gasteiger partial charge < -0.3 is 14.4 Å². The average molecular weight is 486 g/mol. The van der Waals surface area contributed by atoms with Gasteiger partial charge in [0.05, 0.1) is 37.5 Å². The highest BCUT2D eigenvalue weighted by Crippen LogP contribution is 2.37. The van der Waals surface area contributed by atoms with Gasteiger partial charge in [-0.15, -0.1) is 0 Å². The third-order valence-corrected chi connectivity index (χ3v) is 6.94. The standard InChI is InChI=1S/C28H27N3O3S/c1-33-25-19-24(30-14-16-34-17-15-30)13-12-22(25)18-26-27(32)31(20-21-8-4-2-5-9-21)28(35-26)29-23-10-6-3-7-11-23/h2-13,18-19H,14-17,20H2,1H3/b26-18-,29-28?. The molecule has 2 saturated heterocycles. The van der Waals surface area contributed by atoms with Gasteiger partial charge in [0, 0.05) is 30.4 Å². The van der Waals surface area contributed by atoms with Crippen molar-refractivity contribution in [2.45, 2.75) is 6.54 Å². The molecule has 3 aromatic rings. The number of aliphatic imine (C=N–C) groups is 1. The lowest BCUT2D eigenvalue weighted by Gasteiger charge is -2.29. The van der Waals surface area contributed by atoms with Crippen LogP contribution < -0.4 is 9.64 Å². The first-order valence-electron chi connectivity index (χ1n) is 11.6. The van der Waals surface area contributed by atoms with E-state index in [4.69, 9.17) is 14.5 Å². The molecule has 2 fully saturated rings. The third kappa shape index (κ3) is 5.42. The second-order valence-electron chi connectivity index (χ2n) is 8.24. The number of morpholine rings is 1. The minimum absolute atomic E-state index is 0.0622. The molecule has 178 valence electrons. The Morgan fingerprint density at radius 2 is 1.71 bits per heavy atom. The second kappa shape index (κ2) is 10.8. The van der Waals surface area contributed by atoms with Crippen LogP contribution in [0.15, 0.2) is 88.8 Å². The number of anilines is 1. The number of rotatable bonds is 6. The van der Waals surface area contributed by atoms with Crippen LogP contribution in [0.4, 0.5) is 11.4 Å². The van der Waals surface area contributed by atoms with Gasteiger partial charge in [0.15, 0.2) is 5.17 Å². The summed E-state index contributed by atoms with van der Waals surface area (Å²) in [4.78, 5) is 23.0. The Labute approximate surface area is 209 Å². The molecule has 3 aromatic carbocycles. The van der Waals surface area contributed by atoms with E-state index in [0.29, 0.717) is 16.6 Å². The number of amidine groups is 1. The van der Waals surface area contributed by atoms with Crippen LogP contribution in [0.1, 0.15) is 11.1 Å². The molecular formula is C28H27N3O3S. The molecule has 0 saturated carbocycles. The molecule has 7 heteroatoms. The molecule has 0 unspecified atom stereocenters. The lowest BCUT2D eigenvalue weighted by atomic mass is 10.1. The van der Waals surface area contributed by atoms with E-state index in [0.717, 1.165) is 54.6 Å². The van der Waals surface area contributed by atoms with Crippen LogP contribution in [0.5, 0.6) is 5.75 Å². The lowest BCUT2D eigenvalue weighted by Crippen LogP contribution is -2.36. The van der Waals surface area contributed by atoms with Crippen molar-refractivity contribution in [3.63, 3.8) is 0 Å². The van der Waals surface area contributed by atoms with E-state index in [1.165, 1.54) is 11.8 Å². The fourth-order valence-corrected chi connectivity index (χ4v) is 5.08. The fourth-order valence-electron chi connectivity index (χ4n) is 4.09. The summed E-state index contributed by atoms with van der Waals surface area (Å²) in [6.45, 7) is 3.61. The van der Waals surface area contributed by atoms with E-state index < -0.39 is 0 Å². The highest BCUT2D eigenvalue weighted by Gasteiger charge is 2.33. The summed E-state index contributed by atoms with van der Waals surface area (Å²) >= 11 is 1.39. The van der Waals surface area contributed by atoms with E-state index in [1.807, 2.05) is 78.9 Å². The molecule has 0 aromatic heterocycles. The number of nitrogens with zero attached hydrogens (tertiary/aromatic N) is 3. The van der Waals surface area contributed by atoms with Crippen LogP contribution >= 0.6 is 11.8 Å². The number of benzene rings is 3. The monoisotopic (exact) mass is 485 g/mol. The highest BCUT2D eigenvalue weighted by molar-refractivity contribution is 8.18. The average Bonchev–Trinajstić information content (AvgIpc) is 3.19. The molecule has 2 aliphatic rings. The lowest BCUT2D eigenvalue weighted by molar-refractivity contribution is -0.122. The fraction of sp³-hybridized carbons (Fsp3) is 0.214. The Balaban J connectivity index is 1.46. The maximum Gasteiger partial charge on any atom is 0.267 e. The molecule has 0 bridgehead atoms. The summed E-state index contributed by atoms with van der Waals surface area (Å²) in [5, 5.41) is 0.667. The summed E-state index contributed by atoms with van der Waals surface area (Å²) in [5.74, 6) is 0.672. The number of hydrogen-bond donors (Lipinski definition) is 0. The maximum atomic E-state index is 13.5. The summed E-state index contributed by atoms with van der Waals surface area (Å²) < 4.78 is 11.2. The number of thioether (sulfide) groups is 1. The van der Waals surface area contributed by atoms with Crippen molar-refractivity contribution >= 4 is 40.3 Å². The Hall–Kier alpha value is -3.55. The number of ether oxygens (including phenoxy) is 2. The molecule has 2 heterocycles. The van der Waals surface area contributed by atoms with E-state index in [2.05, 4.69) is 11.0 Å². The number of carbonyl (C=O) groups excluding carboxylic acids is 1. The molecular weight excluding hydrogens is 458 g/mol. The summed E-state index contributed by atoms with van der Waals surface area (Å²) in [7, 11) is 1.66. The predicted octanol–water partition coefficient (Wildman–Crippen LogP) is 5.34. The Morgan fingerprint density at radius 1 is 1.00 bits per heavy atom. The SMILES string of the molecule is COc1cc(N2CCOCC2)ccc1/C=C1\SC(=Nc2ccccc2)N(Cc2ccccc2)C1=O. The molecule has 35 heavy (non-hydrogen) atoms. The molecule has 1 amide bonds. The quantitative estimate of drug-likeness (QED) is 0.442. The number of para-hydroxylation sites is 1. The predicted molar refractivity (Wildman–Crippen MR) is 142 cm³/mol. The molecule has 0 atom stereocenters. The number of hydrogen-bond acceptors (Lipinski definition) is 6. The number of amides is 1. The molecule has 0 N–H and O–H groups in total. The molecule has 2 aliphatic heterocycles. The van der Waals surface area contributed by atoms with E-state index in [1.54, 1.807) is 12.0 Å². The van der Waals surface area contributed by atoms with Crippen molar-refractivity contribution < 1.29 is 14.3 Å². The zero-order valence-corrected chi connectivity index (χ0v) is 20.4. The molecule has 0 aliphatic carbocycles. The van der Waals surface area contributed by atoms with Gasteiger partial charge >= 0.3 is 0 Å². The Bertz CT molecular complexity index is 1240. The summed E-state index contributed by atoms with van der Waals surface area (Å²) in [6, 6.07) is 25.8. The van der Waals surface area contributed by atoms with E-state index in [-0.39, 0.29) is 5.91 Å². The molecule has 6 nitrogen and oxygen atoms in total. The van der Waals surface area contributed by atoms with Gasteiger partial charge in [-0.2, -0.15) is 0 Å². The van der Waals surface area contributed by atoms with E-state index >= 15 is 0 Å². The van der Waals surface area contributed by atoms with Gasteiger partial charge in [-0.05, 0) is 47.7 Å². The van der Waals surface area contributed by atoms with Crippen LogP contribution in [0, 0.1) is 0 Å². The first-order valence-corrected chi connectivity index (χ1v) is 12.4. The van der Waals surface area contributed by atoms with Crippen molar-refractivity contribution in [3.8, 4) is 5.75 Å². The zero-order valence-electron chi connectivity index (χ0n) is 19.6. The second-order valence-corrected chi connectivity index (χ2v) is 9.25. The molecule has 0 radical (unpaired) electrons. The van der Waals surface area contributed by atoms with Gasteiger partial charge in [-0.25, -0.2) is 4.99 Å². The first-order chi connectivity index (χ1) is 17.2. The Morgan fingerprint density at radius 3 is 2.43 bits per heavy atom. The van der Waals surface area contributed by atoms with Crippen LogP contribution in [0.25, 0.3) is 6.08 Å². The smallest absolute Gasteiger partial charge is 0.267 e. The van der Waals surface area contributed by atoms with E-state index in [9.17, 15) is 4.79 Å². The maximum absolute atomic E-state index is 13.5. The van der Waals surface area contributed by atoms with Gasteiger partial charge in [-0.3, -0.25) is 9.69 Å². The third-order valence-electron chi connectivity index (χ3n) is 5.93. The summed E-state index contributed by atoms with van der Waals surface area (Å²) in [6.07, 6.45) is 1.90. The van der Waals surface area contributed by atoms with Crippen molar-refractivity contribution in [3.05, 3.63) is 94.9 Å². The van der Waals surface area contributed by atoms with Crippen molar-refractivity contribution in [2.24, 2.45) is 4.99 Å². The van der Waals surface area contributed by atoms with Gasteiger partial charge in [0.2, 0.25) is 0 Å². The minimum atomic E-state index is -0.0622. The topological polar surface area (TPSA) is 54.4 Å². The highest BCUT2D eigenvalue weighted by atomic mass is 32.2. The van der Waals surface area contributed by atoms with Gasteiger partial charge in [0.25, 0.3) is 5.91 Å². The molecule has 0 spiro atoms. The number of carbonyl (C=O) groups is 1. The van der Waals surface area contributed by atoms with Crippen molar-refractivity contribution in [1.82, 2.24) is 4.90 Å².